The largest absolute Gasteiger partial charge is 0.416 e. The normalized spacial score (nSPS) is 14.5. The molecule has 0 aliphatic carbocycles. The number of benzene rings is 2. The zero-order valence-corrected chi connectivity index (χ0v) is 18.7. The molecule has 1 amide bonds. The van der Waals surface area contributed by atoms with Crippen LogP contribution in [0.1, 0.15) is 29.8 Å². The van der Waals surface area contributed by atoms with E-state index >= 15 is 0 Å². The molecule has 6 nitrogen and oxygen atoms in total. The van der Waals surface area contributed by atoms with E-state index in [4.69, 9.17) is 0 Å². The van der Waals surface area contributed by atoms with Crippen molar-refractivity contribution < 1.29 is 18.0 Å². The van der Waals surface area contributed by atoms with E-state index in [-0.39, 0.29) is 11.4 Å². The topological polar surface area (TPSA) is 63.1 Å². The van der Waals surface area contributed by atoms with Gasteiger partial charge in [0.25, 0.3) is 0 Å². The summed E-state index contributed by atoms with van der Waals surface area (Å²) in [6.45, 7) is 3.32. The van der Waals surface area contributed by atoms with Gasteiger partial charge in [0.1, 0.15) is 5.82 Å². The predicted octanol–water partition coefficient (Wildman–Crippen LogP) is 4.67. The SMILES string of the molecule is O=C(CSc1nnc(CN2CCCC2)n1Cc1ccccc1)Nc1cccc(C(F)(F)F)c1. The third-order valence-electron chi connectivity index (χ3n) is 5.35. The number of hydrogen-bond acceptors (Lipinski definition) is 5. The number of likely N-dealkylation sites (tertiary alicyclic amines) is 1. The molecule has 1 aliphatic rings. The van der Waals surface area contributed by atoms with Gasteiger partial charge < -0.3 is 9.88 Å². The molecule has 33 heavy (non-hydrogen) atoms. The zero-order valence-electron chi connectivity index (χ0n) is 17.9. The van der Waals surface area contributed by atoms with Crippen molar-refractivity contribution in [2.24, 2.45) is 0 Å². The van der Waals surface area contributed by atoms with E-state index in [0.717, 1.165) is 36.6 Å². The molecule has 10 heteroatoms. The molecule has 0 bridgehead atoms. The van der Waals surface area contributed by atoms with Crippen LogP contribution in [0.15, 0.2) is 59.8 Å². The standard InChI is InChI=1S/C23H24F3N5OS/c24-23(25,26)18-9-6-10-19(13-18)27-21(32)16-33-22-29-28-20(15-30-11-4-5-12-30)31(22)14-17-7-2-1-3-8-17/h1-3,6-10,13H,4-5,11-12,14-16H2,(H,27,32). The summed E-state index contributed by atoms with van der Waals surface area (Å²) in [4.78, 5) is 14.8. The Kier molecular flexibility index (Phi) is 7.34. The van der Waals surface area contributed by atoms with E-state index in [0.29, 0.717) is 18.2 Å². The minimum atomic E-state index is -4.46. The second-order valence-corrected chi connectivity index (χ2v) is 8.81. The molecule has 0 radical (unpaired) electrons. The van der Waals surface area contributed by atoms with E-state index in [9.17, 15) is 18.0 Å². The highest BCUT2D eigenvalue weighted by Gasteiger charge is 2.30. The molecule has 1 fully saturated rings. The molecule has 0 unspecified atom stereocenters. The first kappa shape index (κ1) is 23.3. The number of nitrogens with one attached hydrogen (secondary N) is 1. The summed E-state index contributed by atoms with van der Waals surface area (Å²) in [6.07, 6.45) is -2.12. The van der Waals surface area contributed by atoms with Gasteiger partial charge in [-0.25, -0.2) is 0 Å². The molecule has 1 N–H and O–H groups in total. The van der Waals surface area contributed by atoms with Crippen molar-refractivity contribution in [2.45, 2.75) is 37.3 Å². The van der Waals surface area contributed by atoms with E-state index in [1.165, 1.54) is 36.7 Å². The van der Waals surface area contributed by atoms with Crippen molar-refractivity contribution in [2.75, 3.05) is 24.2 Å². The average molecular weight is 476 g/mol. The molecule has 174 valence electrons. The molecular weight excluding hydrogens is 451 g/mol. The summed E-state index contributed by atoms with van der Waals surface area (Å²) in [5, 5.41) is 11.8. The van der Waals surface area contributed by atoms with Crippen LogP contribution < -0.4 is 5.32 Å². The van der Waals surface area contributed by atoms with Gasteiger partial charge >= 0.3 is 6.18 Å². The summed E-state index contributed by atoms with van der Waals surface area (Å²) in [7, 11) is 0. The molecule has 1 aliphatic heterocycles. The number of nitrogens with zero attached hydrogens (tertiary/aromatic N) is 4. The Hall–Kier alpha value is -2.85. The van der Waals surface area contributed by atoms with Gasteiger partial charge in [-0.1, -0.05) is 48.2 Å². The molecule has 4 rings (SSSR count). The van der Waals surface area contributed by atoms with Gasteiger partial charge in [-0.05, 0) is 49.7 Å². The molecule has 0 spiro atoms. The number of hydrogen-bond donors (Lipinski definition) is 1. The predicted molar refractivity (Wildman–Crippen MR) is 121 cm³/mol. The van der Waals surface area contributed by atoms with Crippen LogP contribution >= 0.6 is 11.8 Å². The monoisotopic (exact) mass is 475 g/mol. The lowest BCUT2D eigenvalue weighted by atomic mass is 10.2. The van der Waals surface area contributed by atoms with Gasteiger partial charge in [-0.15, -0.1) is 10.2 Å². The molecule has 2 aromatic carbocycles. The Labute approximate surface area is 194 Å². The van der Waals surface area contributed by atoms with Crippen molar-refractivity contribution in [1.29, 1.82) is 0 Å². The first-order valence-electron chi connectivity index (χ1n) is 10.7. The molecule has 0 saturated carbocycles. The molecule has 3 aromatic rings. The summed E-state index contributed by atoms with van der Waals surface area (Å²) in [5.41, 5.74) is 0.397. The van der Waals surface area contributed by atoms with Crippen LogP contribution in [0.4, 0.5) is 18.9 Å². The van der Waals surface area contributed by atoms with E-state index < -0.39 is 17.6 Å². The third kappa shape index (κ3) is 6.35. The molecule has 1 saturated heterocycles. The number of alkyl halides is 3. The lowest BCUT2D eigenvalue weighted by Gasteiger charge is -2.16. The third-order valence-corrected chi connectivity index (χ3v) is 6.31. The highest BCUT2D eigenvalue weighted by atomic mass is 32.2. The summed E-state index contributed by atoms with van der Waals surface area (Å²) < 4.78 is 40.7. The van der Waals surface area contributed by atoms with Crippen molar-refractivity contribution in [3.8, 4) is 0 Å². The molecule has 1 aromatic heterocycles. The fourth-order valence-corrected chi connectivity index (χ4v) is 4.47. The van der Waals surface area contributed by atoms with E-state index in [1.54, 1.807) is 0 Å². The second-order valence-electron chi connectivity index (χ2n) is 7.87. The number of amides is 1. The maximum atomic E-state index is 12.9. The number of thioether (sulfide) groups is 1. The van der Waals surface area contributed by atoms with Crippen LogP contribution in [0, 0.1) is 0 Å². The number of halogens is 3. The first-order valence-corrected chi connectivity index (χ1v) is 11.7. The van der Waals surface area contributed by atoms with Crippen LogP contribution in [0.5, 0.6) is 0 Å². The number of carbonyl (C=O) groups is 1. The van der Waals surface area contributed by atoms with Crippen molar-refractivity contribution in [3.63, 3.8) is 0 Å². The maximum absolute atomic E-state index is 12.9. The molecule has 0 atom stereocenters. The molecule has 2 heterocycles. The van der Waals surface area contributed by atoms with Crippen LogP contribution in [0.3, 0.4) is 0 Å². The van der Waals surface area contributed by atoms with Gasteiger partial charge in [-0.3, -0.25) is 9.69 Å². The quantitative estimate of drug-likeness (QED) is 0.480. The van der Waals surface area contributed by atoms with Gasteiger partial charge in [-0.2, -0.15) is 13.2 Å². The summed E-state index contributed by atoms with van der Waals surface area (Å²) >= 11 is 1.22. The van der Waals surface area contributed by atoms with E-state index in [2.05, 4.69) is 20.4 Å². The number of anilines is 1. The molecular formula is C23H24F3N5OS. The van der Waals surface area contributed by atoms with Crippen LogP contribution in [-0.2, 0) is 24.1 Å². The highest BCUT2D eigenvalue weighted by molar-refractivity contribution is 7.99. The number of aromatic nitrogens is 3. The highest BCUT2D eigenvalue weighted by Crippen LogP contribution is 2.30. The average Bonchev–Trinajstić information content (AvgIpc) is 3.43. The number of carbonyl (C=O) groups excluding carboxylic acids is 1. The minimum Gasteiger partial charge on any atom is -0.325 e. The summed E-state index contributed by atoms with van der Waals surface area (Å²) in [6, 6.07) is 14.5. The van der Waals surface area contributed by atoms with Gasteiger partial charge in [0.15, 0.2) is 5.16 Å². The van der Waals surface area contributed by atoms with Crippen molar-refractivity contribution >= 4 is 23.4 Å². The fourth-order valence-electron chi connectivity index (χ4n) is 3.71. The zero-order chi connectivity index (χ0) is 23.3. The number of rotatable bonds is 8. The second kappa shape index (κ2) is 10.4. The minimum absolute atomic E-state index is 0.00683. The summed E-state index contributed by atoms with van der Waals surface area (Å²) in [5.74, 6) is 0.434. The Morgan fingerprint density at radius 1 is 1.00 bits per heavy atom. The van der Waals surface area contributed by atoms with Gasteiger partial charge in [0.2, 0.25) is 5.91 Å². The van der Waals surface area contributed by atoms with Crippen molar-refractivity contribution in [3.05, 3.63) is 71.5 Å². The Balaban J connectivity index is 1.44. The van der Waals surface area contributed by atoms with Crippen LogP contribution in [-0.4, -0.2) is 44.4 Å². The lowest BCUT2D eigenvalue weighted by molar-refractivity contribution is -0.137. The fraction of sp³-hybridized carbons (Fsp3) is 0.348. The lowest BCUT2D eigenvalue weighted by Crippen LogP contribution is -2.22. The van der Waals surface area contributed by atoms with Crippen LogP contribution in [0.25, 0.3) is 0 Å². The Morgan fingerprint density at radius 2 is 1.76 bits per heavy atom. The Morgan fingerprint density at radius 3 is 2.48 bits per heavy atom. The smallest absolute Gasteiger partial charge is 0.325 e. The van der Waals surface area contributed by atoms with Crippen LogP contribution in [0.2, 0.25) is 0 Å². The van der Waals surface area contributed by atoms with Gasteiger partial charge in [0, 0.05) is 5.69 Å². The Bertz CT molecular complexity index is 1080. The maximum Gasteiger partial charge on any atom is 0.416 e. The van der Waals surface area contributed by atoms with Crippen molar-refractivity contribution in [1.82, 2.24) is 19.7 Å². The first-order chi connectivity index (χ1) is 15.9. The van der Waals surface area contributed by atoms with E-state index in [1.807, 2.05) is 34.9 Å². The van der Waals surface area contributed by atoms with Gasteiger partial charge in [0.05, 0.1) is 24.4 Å².